The van der Waals surface area contributed by atoms with Gasteiger partial charge < -0.3 is 38.4 Å². The van der Waals surface area contributed by atoms with E-state index < -0.39 is 0 Å². The van der Waals surface area contributed by atoms with Gasteiger partial charge in [0.2, 0.25) is 0 Å². The topological polar surface area (TPSA) is 148 Å². The van der Waals surface area contributed by atoms with Gasteiger partial charge >= 0.3 is 29.8 Å². The van der Waals surface area contributed by atoms with Gasteiger partial charge in [0, 0.05) is 98.2 Å². The molecule has 1 saturated heterocycles. The summed E-state index contributed by atoms with van der Waals surface area (Å²) in [6, 6.07) is 0. The van der Waals surface area contributed by atoms with Gasteiger partial charge in [-0.3, -0.25) is 33.8 Å². The van der Waals surface area contributed by atoms with Crippen LogP contribution in [0.5, 0.6) is 0 Å². The van der Waals surface area contributed by atoms with Crippen LogP contribution in [-0.4, -0.2) is 186 Å². The molecule has 0 amide bonds. The maximum Gasteiger partial charge on any atom is 0.307 e. The standard InChI is InChI=1S/C95H185N5O10/c1-6-11-16-21-26-31-36-41-46-51-56-61-86-106-91(101)66-71-96(72-67-92(102)107-87-62-57-52-47-42-37-32-27-22-17-12-7-2)76-78-98(75-70-95(105)110-90-65-60-55-50-45-40-35-30-25-20-15-10-5)79-81-100-84-82-99(83-85-100)80-77-97(73-68-93(103)108-88-63-58-53-48-43-38-33-28-23-18-13-8-3)74-69-94(104)109-89-64-59-54-49-44-39-34-29-24-19-14-9-4/h6-90H2,1-5H3. The molecular formula is C95H185N5O10. The first kappa shape index (κ1) is 105. The van der Waals surface area contributed by atoms with E-state index in [0.717, 1.165) is 117 Å². The van der Waals surface area contributed by atoms with Crippen LogP contribution in [0.1, 0.15) is 452 Å². The summed E-state index contributed by atoms with van der Waals surface area (Å²) in [5.41, 5.74) is 0. The van der Waals surface area contributed by atoms with E-state index in [1.54, 1.807) is 0 Å². The number of hydrogen-bond donors (Lipinski definition) is 0. The Bertz CT molecular complexity index is 1870. The summed E-state index contributed by atoms with van der Waals surface area (Å²) in [6.45, 7) is 24.6. The lowest BCUT2D eigenvalue weighted by Gasteiger charge is -2.37. The fraction of sp³-hybridized carbons (Fsp3) is 0.947. The molecule has 15 heteroatoms. The van der Waals surface area contributed by atoms with Crippen LogP contribution in [-0.2, 0) is 47.7 Å². The fourth-order valence-electron chi connectivity index (χ4n) is 15.3. The average molecular weight is 1560 g/mol. The second kappa shape index (κ2) is 85.5. The minimum absolute atomic E-state index is 0.150. The van der Waals surface area contributed by atoms with Crippen molar-refractivity contribution in [3.8, 4) is 0 Å². The minimum Gasteiger partial charge on any atom is -0.466 e. The van der Waals surface area contributed by atoms with Crippen LogP contribution in [0.3, 0.4) is 0 Å². The molecule has 110 heavy (non-hydrogen) atoms. The van der Waals surface area contributed by atoms with E-state index in [1.165, 1.54) is 321 Å². The highest BCUT2D eigenvalue weighted by atomic mass is 16.5. The van der Waals surface area contributed by atoms with Crippen molar-refractivity contribution in [2.75, 3.05) is 131 Å². The second-order valence-electron chi connectivity index (χ2n) is 33.5. The highest BCUT2D eigenvalue weighted by Gasteiger charge is 2.22. The van der Waals surface area contributed by atoms with Crippen molar-refractivity contribution in [2.45, 2.75) is 452 Å². The van der Waals surface area contributed by atoms with Crippen molar-refractivity contribution in [3.05, 3.63) is 0 Å². The van der Waals surface area contributed by atoms with Crippen LogP contribution in [0.15, 0.2) is 0 Å². The SMILES string of the molecule is CCCCCCCCCCCCCCOC(=O)CCN(CCC(=O)OCCCCCCCCCCCCCC)CCN(CCC(=O)OCCCCCCCCCCCCCC)CCN1CCN(CCN(CCC(=O)OCCCCCCCCCCCCCC)CCC(=O)OCCCCCCCCCCCCCC)CC1. The Labute approximate surface area is 681 Å². The van der Waals surface area contributed by atoms with Crippen molar-refractivity contribution in [2.24, 2.45) is 0 Å². The molecule has 0 aromatic rings. The molecule has 0 aromatic heterocycles. The Kier molecular flexibility index (Phi) is 81.8. The molecule has 0 atom stereocenters. The third-order valence-corrected chi connectivity index (χ3v) is 23.1. The van der Waals surface area contributed by atoms with Crippen LogP contribution in [0, 0.1) is 0 Å². The van der Waals surface area contributed by atoms with Gasteiger partial charge in [-0.1, -0.05) is 388 Å². The van der Waals surface area contributed by atoms with Gasteiger partial charge in [0.1, 0.15) is 0 Å². The average Bonchev–Trinajstić information content (AvgIpc) is 0.899. The molecule has 1 heterocycles. The zero-order valence-electron chi connectivity index (χ0n) is 73.9. The van der Waals surface area contributed by atoms with Crippen molar-refractivity contribution in [1.82, 2.24) is 24.5 Å². The Morgan fingerprint density at radius 1 is 0.191 bits per heavy atom. The van der Waals surface area contributed by atoms with Gasteiger partial charge in [-0.2, -0.15) is 0 Å². The maximum atomic E-state index is 13.4. The molecule has 1 rings (SSSR count). The number of rotatable bonds is 89. The molecule has 0 unspecified atom stereocenters. The lowest BCUT2D eigenvalue weighted by atomic mass is 10.1. The first-order valence-electron chi connectivity index (χ1n) is 48.5. The first-order valence-corrected chi connectivity index (χ1v) is 48.5. The largest absolute Gasteiger partial charge is 0.466 e. The van der Waals surface area contributed by atoms with E-state index in [0.29, 0.717) is 98.1 Å². The van der Waals surface area contributed by atoms with Gasteiger partial charge in [-0.25, -0.2) is 0 Å². The van der Waals surface area contributed by atoms with Crippen molar-refractivity contribution in [3.63, 3.8) is 0 Å². The molecule has 0 aliphatic carbocycles. The Morgan fingerprint density at radius 3 is 0.491 bits per heavy atom. The molecule has 1 aliphatic rings. The van der Waals surface area contributed by atoms with E-state index in [-0.39, 0.29) is 42.7 Å². The summed E-state index contributed by atoms with van der Waals surface area (Å²) in [4.78, 5) is 78.3. The third-order valence-electron chi connectivity index (χ3n) is 23.1. The van der Waals surface area contributed by atoms with Crippen molar-refractivity contribution >= 4 is 29.8 Å². The summed E-state index contributed by atoms with van der Waals surface area (Å²) in [5.74, 6) is -0.840. The summed E-state index contributed by atoms with van der Waals surface area (Å²) in [6.07, 6.45) is 77.3. The zero-order chi connectivity index (χ0) is 79.4. The van der Waals surface area contributed by atoms with Crippen LogP contribution >= 0.6 is 0 Å². The van der Waals surface area contributed by atoms with E-state index >= 15 is 0 Å². The molecule has 0 saturated carbocycles. The van der Waals surface area contributed by atoms with Gasteiger partial charge in [0.25, 0.3) is 0 Å². The molecule has 0 aromatic carbocycles. The molecule has 15 nitrogen and oxygen atoms in total. The van der Waals surface area contributed by atoms with Crippen LogP contribution in [0.4, 0.5) is 0 Å². The molecule has 0 spiro atoms. The van der Waals surface area contributed by atoms with Crippen LogP contribution < -0.4 is 0 Å². The van der Waals surface area contributed by atoms with Gasteiger partial charge in [0.15, 0.2) is 0 Å². The smallest absolute Gasteiger partial charge is 0.307 e. The molecule has 0 N–H and O–H groups in total. The summed E-state index contributed by atoms with van der Waals surface area (Å²) < 4.78 is 29.0. The second-order valence-corrected chi connectivity index (χ2v) is 33.5. The summed E-state index contributed by atoms with van der Waals surface area (Å²) in [5, 5.41) is 0. The molecule has 650 valence electrons. The number of piperazine rings is 1. The lowest BCUT2D eigenvalue weighted by Crippen LogP contribution is -2.50. The number of ether oxygens (including phenoxy) is 5. The van der Waals surface area contributed by atoms with Gasteiger partial charge in [0.05, 0.1) is 65.1 Å². The van der Waals surface area contributed by atoms with Crippen LogP contribution in [0.25, 0.3) is 0 Å². The molecular weight excluding hydrogens is 1370 g/mol. The molecule has 0 radical (unpaired) electrons. The molecule has 1 aliphatic heterocycles. The highest BCUT2D eigenvalue weighted by molar-refractivity contribution is 5.71. The summed E-state index contributed by atoms with van der Waals surface area (Å²) >= 11 is 0. The monoisotopic (exact) mass is 1560 g/mol. The number of unbranched alkanes of at least 4 members (excludes halogenated alkanes) is 55. The third kappa shape index (κ3) is 76.4. The molecule has 1 fully saturated rings. The van der Waals surface area contributed by atoms with E-state index in [2.05, 4.69) is 59.1 Å². The zero-order valence-corrected chi connectivity index (χ0v) is 73.9. The minimum atomic E-state index is -0.188. The quantitative estimate of drug-likeness (QED) is 0.0323. The van der Waals surface area contributed by atoms with E-state index in [9.17, 15) is 24.0 Å². The number of hydrogen-bond acceptors (Lipinski definition) is 15. The first-order chi connectivity index (χ1) is 54.1. The van der Waals surface area contributed by atoms with Crippen molar-refractivity contribution < 1.29 is 47.7 Å². The summed E-state index contributed by atoms with van der Waals surface area (Å²) in [7, 11) is 0. The number of carbonyl (C=O) groups is 5. The van der Waals surface area contributed by atoms with Crippen molar-refractivity contribution in [1.29, 1.82) is 0 Å². The van der Waals surface area contributed by atoms with Gasteiger partial charge in [-0.05, 0) is 32.1 Å². The predicted octanol–water partition coefficient (Wildman–Crippen LogP) is 24.7. The lowest BCUT2D eigenvalue weighted by molar-refractivity contribution is -0.146. The van der Waals surface area contributed by atoms with E-state index in [4.69, 9.17) is 23.7 Å². The molecule has 0 bridgehead atoms. The Hall–Kier alpha value is -2.85. The fourth-order valence-corrected chi connectivity index (χ4v) is 15.3. The maximum absolute atomic E-state index is 13.4. The number of nitrogens with zero attached hydrogens (tertiary/aromatic N) is 5. The number of esters is 5. The normalized spacial score (nSPS) is 12.8. The Morgan fingerprint density at radius 2 is 0.327 bits per heavy atom. The highest BCUT2D eigenvalue weighted by Crippen LogP contribution is 2.19. The van der Waals surface area contributed by atoms with Gasteiger partial charge in [-0.15, -0.1) is 0 Å². The van der Waals surface area contributed by atoms with E-state index in [1.807, 2.05) is 0 Å². The van der Waals surface area contributed by atoms with Crippen LogP contribution in [0.2, 0.25) is 0 Å². The predicted molar refractivity (Wildman–Crippen MR) is 465 cm³/mol. The number of carbonyl (C=O) groups excluding carboxylic acids is 5. The Balaban J connectivity index is 3.01.